The van der Waals surface area contributed by atoms with E-state index in [1.165, 1.54) is 4.57 Å². The maximum atomic E-state index is 13.5. The monoisotopic (exact) mass is 470 g/mol. The van der Waals surface area contributed by atoms with Crippen LogP contribution in [0.3, 0.4) is 0 Å². The lowest BCUT2D eigenvalue weighted by atomic mass is 10.2. The number of anilines is 3. The molecule has 0 bridgehead atoms. The molecule has 4 heterocycles. The second kappa shape index (κ2) is 7.90. The lowest BCUT2D eigenvalue weighted by molar-refractivity contribution is 0.0959. The Kier molecular flexibility index (Phi) is 4.69. The first kappa shape index (κ1) is 20.8. The van der Waals surface area contributed by atoms with Gasteiger partial charge in [-0.3, -0.25) is 14.5 Å². The quantitative estimate of drug-likeness (QED) is 0.335. The number of hydrogen-bond donors (Lipinski definition) is 3. The Labute approximate surface area is 198 Å². The van der Waals surface area contributed by atoms with Gasteiger partial charge >= 0.3 is 0 Å². The molecule has 2 aromatic carbocycles. The van der Waals surface area contributed by atoms with E-state index in [2.05, 4.69) is 15.2 Å². The highest BCUT2D eigenvalue weighted by atomic mass is 16.6. The minimum absolute atomic E-state index is 0.134. The van der Waals surface area contributed by atoms with Crippen molar-refractivity contribution in [1.82, 2.24) is 24.7 Å². The maximum absolute atomic E-state index is 13.5. The Balaban J connectivity index is 1.40. The van der Waals surface area contributed by atoms with Gasteiger partial charge in [-0.05, 0) is 24.3 Å². The van der Waals surface area contributed by atoms with Gasteiger partial charge in [-0.25, -0.2) is 4.98 Å². The van der Waals surface area contributed by atoms with Crippen LogP contribution in [0.15, 0.2) is 59.5 Å². The van der Waals surface area contributed by atoms with E-state index in [1.807, 2.05) is 42.3 Å². The fourth-order valence-electron chi connectivity index (χ4n) is 4.29. The van der Waals surface area contributed by atoms with Gasteiger partial charge in [0.25, 0.3) is 5.56 Å². The van der Waals surface area contributed by atoms with E-state index in [0.29, 0.717) is 63.9 Å². The topological polar surface area (TPSA) is 150 Å². The van der Waals surface area contributed by atoms with E-state index in [9.17, 15) is 4.79 Å². The van der Waals surface area contributed by atoms with Crippen molar-refractivity contribution in [3.8, 4) is 17.2 Å². The largest absolute Gasteiger partial charge is 0.486 e. The number of pyridine rings is 1. The first-order chi connectivity index (χ1) is 17.0. The molecular weight excluding hydrogens is 448 g/mol. The van der Waals surface area contributed by atoms with Gasteiger partial charge in [0.05, 0.1) is 23.1 Å². The van der Waals surface area contributed by atoms with E-state index < -0.39 is 0 Å². The fourth-order valence-corrected chi connectivity index (χ4v) is 4.29. The summed E-state index contributed by atoms with van der Waals surface area (Å²) >= 11 is 0. The van der Waals surface area contributed by atoms with Gasteiger partial charge in [0, 0.05) is 25.0 Å². The van der Waals surface area contributed by atoms with Crippen molar-refractivity contribution >= 4 is 39.4 Å². The highest BCUT2D eigenvalue weighted by molar-refractivity contribution is 6.05. The summed E-state index contributed by atoms with van der Waals surface area (Å²) in [5.41, 5.74) is 13.7. The van der Waals surface area contributed by atoms with Crippen LogP contribution in [-0.4, -0.2) is 51.0 Å². The molecule has 176 valence electrons. The minimum Gasteiger partial charge on any atom is -0.486 e. The highest BCUT2D eigenvalue weighted by Gasteiger charge is 2.24. The number of nitrogens with zero attached hydrogens (tertiary/aromatic N) is 5. The van der Waals surface area contributed by atoms with Crippen LogP contribution in [0.1, 0.15) is 0 Å². The zero-order chi connectivity index (χ0) is 24.1. The third-order valence-electron chi connectivity index (χ3n) is 5.97. The molecule has 0 radical (unpaired) electrons. The molecule has 1 unspecified atom stereocenters. The maximum Gasteiger partial charge on any atom is 0.270 e. The van der Waals surface area contributed by atoms with Crippen LogP contribution in [0, 0.1) is 0 Å². The number of nitrogen functional groups attached to an aromatic ring is 2. The summed E-state index contributed by atoms with van der Waals surface area (Å²) in [4.78, 5) is 24.6. The SMILES string of the molecule is CN(CC1COc2cc(N)ccc2O1)c1ncc2c3[nH]nc(N)c3c(=O)n(-c3ccccc3)c2n1. The lowest BCUT2D eigenvalue weighted by Crippen LogP contribution is -2.40. The average Bonchev–Trinajstić information content (AvgIpc) is 3.26. The van der Waals surface area contributed by atoms with Crippen LogP contribution in [0.4, 0.5) is 17.5 Å². The number of H-pyrrole nitrogens is 1. The second-order valence-corrected chi connectivity index (χ2v) is 8.38. The third kappa shape index (κ3) is 3.44. The van der Waals surface area contributed by atoms with Crippen molar-refractivity contribution in [2.24, 2.45) is 0 Å². The van der Waals surface area contributed by atoms with E-state index >= 15 is 0 Å². The molecule has 0 saturated heterocycles. The normalized spacial score (nSPS) is 14.9. The summed E-state index contributed by atoms with van der Waals surface area (Å²) < 4.78 is 13.4. The number of nitrogens with two attached hydrogens (primary N) is 2. The van der Waals surface area contributed by atoms with Crippen LogP contribution in [-0.2, 0) is 0 Å². The molecule has 1 aliphatic rings. The smallest absolute Gasteiger partial charge is 0.270 e. The molecule has 1 atom stereocenters. The van der Waals surface area contributed by atoms with Gasteiger partial charge in [0.1, 0.15) is 12.0 Å². The summed E-state index contributed by atoms with van der Waals surface area (Å²) in [6.07, 6.45) is 1.42. The third-order valence-corrected chi connectivity index (χ3v) is 5.97. The standard InChI is InChI=1S/C24H22N8O3/c1-31(11-15-12-34-18-9-13(25)7-8-17(18)35-15)24-27-10-16-20-19(21(26)30-29-20)23(33)32(22(16)28-24)14-5-3-2-4-6-14/h2-10,15H,11-12,25H2,1H3,(H3,26,29,30). The number of hydrogen-bond acceptors (Lipinski definition) is 9. The molecule has 0 amide bonds. The molecule has 11 nitrogen and oxygen atoms in total. The first-order valence-electron chi connectivity index (χ1n) is 11.0. The number of nitrogens with one attached hydrogen (secondary N) is 1. The van der Waals surface area contributed by atoms with Gasteiger partial charge in [-0.2, -0.15) is 10.1 Å². The Bertz CT molecular complexity index is 1630. The van der Waals surface area contributed by atoms with E-state index in [1.54, 1.807) is 24.4 Å². The minimum atomic E-state index is -0.308. The fraction of sp³-hybridized carbons (Fsp3) is 0.167. The molecule has 35 heavy (non-hydrogen) atoms. The van der Waals surface area contributed by atoms with Gasteiger partial charge < -0.3 is 25.8 Å². The molecule has 5 aromatic rings. The van der Waals surface area contributed by atoms with Crippen LogP contribution in [0.2, 0.25) is 0 Å². The van der Waals surface area contributed by atoms with Gasteiger partial charge in [-0.1, -0.05) is 18.2 Å². The lowest BCUT2D eigenvalue weighted by Gasteiger charge is -2.29. The van der Waals surface area contributed by atoms with Crippen molar-refractivity contribution in [3.63, 3.8) is 0 Å². The predicted octanol–water partition coefficient (Wildman–Crippen LogP) is 2.10. The molecular formula is C24H22N8O3. The van der Waals surface area contributed by atoms with Crippen molar-refractivity contribution < 1.29 is 9.47 Å². The summed E-state index contributed by atoms with van der Waals surface area (Å²) in [6, 6.07) is 14.6. The summed E-state index contributed by atoms with van der Waals surface area (Å²) in [5.74, 6) is 1.83. The molecule has 0 fully saturated rings. The van der Waals surface area contributed by atoms with Crippen molar-refractivity contribution in [2.75, 3.05) is 36.6 Å². The number of aromatic amines is 1. The summed E-state index contributed by atoms with van der Waals surface area (Å²) in [6.45, 7) is 0.821. The Morgan fingerprint density at radius 2 is 2.00 bits per heavy atom. The average molecular weight is 470 g/mol. The predicted molar refractivity (Wildman–Crippen MR) is 133 cm³/mol. The molecule has 3 aromatic heterocycles. The van der Waals surface area contributed by atoms with Gasteiger partial charge in [-0.15, -0.1) is 0 Å². The van der Waals surface area contributed by atoms with Crippen molar-refractivity contribution in [2.45, 2.75) is 6.10 Å². The molecule has 1 aliphatic heterocycles. The number of rotatable bonds is 4. The zero-order valence-electron chi connectivity index (χ0n) is 18.8. The van der Waals surface area contributed by atoms with E-state index in [-0.39, 0.29) is 17.5 Å². The number of likely N-dealkylation sites (N-methyl/N-ethyl adjacent to an activating group) is 1. The Morgan fingerprint density at radius 3 is 2.83 bits per heavy atom. The highest BCUT2D eigenvalue weighted by Crippen LogP contribution is 2.33. The van der Waals surface area contributed by atoms with Gasteiger partial charge in [0.15, 0.2) is 29.1 Å². The summed E-state index contributed by atoms with van der Waals surface area (Å²) in [5, 5.41) is 7.82. The molecule has 5 N–H and O–H groups in total. The molecule has 0 spiro atoms. The molecule has 0 saturated carbocycles. The van der Waals surface area contributed by atoms with Crippen LogP contribution in [0.25, 0.3) is 27.6 Å². The number of aromatic nitrogens is 5. The second-order valence-electron chi connectivity index (χ2n) is 8.38. The number of ether oxygens (including phenoxy) is 2. The van der Waals surface area contributed by atoms with Crippen molar-refractivity contribution in [1.29, 1.82) is 0 Å². The van der Waals surface area contributed by atoms with Crippen molar-refractivity contribution in [3.05, 3.63) is 65.1 Å². The zero-order valence-corrected chi connectivity index (χ0v) is 18.8. The van der Waals surface area contributed by atoms with Crippen LogP contribution >= 0.6 is 0 Å². The first-order valence-corrected chi connectivity index (χ1v) is 11.0. The summed E-state index contributed by atoms with van der Waals surface area (Å²) in [7, 11) is 1.86. The van der Waals surface area contributed by atoms with E-state index in [4.69, 9.17) is 25.9 Å². The molecule has 0 aliphatic carbocycles. The van der Waals surface area contributed by atoms with Crippen LogP contribution in [0.5, 0.6) is 11.5 Å². The van der Waals surface area contributed by atoms with Gasteiger partial charge in [0.2, 0.25) is 5.95 Å². The Hall–Kier alpha value is -4.80. The number of benzene rings is 2. The number of fused-ring (bicyclic) bond motifs is 4. The van der Waals surface area contributed by atoms with Crippen LogP contribution < -0.4 is 31.4 Å². The Morgan fingerprint density at radius 1 is 1.17 bits per heavy atom. The number of para-hydroxylation sites is 1. The molecule has 11 heteroatoms. The van der Waals surface area contributed by atoms with E-state index in [0.717, 1.165) is 0 Å². The molecule has 6 rings (SSSR count).